The van der Waals surface area contributed by atoms with Crippen molar-refractivity contribution in [1.82, 2.24) is 15.5 Å². The quantitative estimate of drug-likeness (QED) is 0.732. The second-order valence-electron chi connectivity index (χ2n) is 9.35. The molecule has 1 aromatic carbocycles. The first-order valence-corrected chi connectivity index (χ1v) is 11.1. The third-order valence-corrected chi connectivity index (χ3v) is 5.70. The van der Waals surface area contributed by atoms with Gasteiger partial charge in [0.15, 0.2) is 6.04 Å². The summed E-state index contributed by atoms with van der Waals surface area (Å²) in [6.45, 7) is 9.52. The summed E-state index contributed by atoms with van der Waals surface area (Å²) in [5.74, 6) is -0.238. The van der Waals surface area contributed by atoms with Gasteiger partial charge in [0.05, 0.1) is 0 Å². The average molecular weight is 444 g/mol. The summed E-state index contributed by atoms with van der Waals surface area (Å²) in [5.41, 5.74) is 0.201. The zero-order chi connectivity index (χ0) is 23.5. The van der Waals surface area contributed by atoms with Gasteiger partial charge >= 0.3 is 6.09 Å². The predicted molar refractivity (Wildman–Crippen MR) is 121 cm³/mol. The minimum Gasteiger partial charge on any atom is -0.488 e. The van der Waals surface area contributed by atoms with Crippen LogP contribution in [0.4, 0.5) is 4.79 Å². The molecule has 1 fully saturated rings. The van der Waals surface area contributed by atoms with Crippen LogP contribution < -0.4 is 15.4 Å². The number of likely N-dealkylation sites (tertiary alicyclic amines) is 1. The molecular formula is C24H33N3O5. The minimum absolute atomic E-state index is 0.103. The van der Waals surface area contributed by atoms with Gasteiger partial charge in [-0.3, -0.25) is 14.5 Å². The second-order valence-corrected chi connectivity index (χ2v) is 9.35. The van der Waals surface area contributed by atoms with Crippen LogP contribution >= 0.6 is 0 Å². The number of hydrogen-bond donors (Lipinski definition) is 2. The van der Waals surface area contributed by atoms with Crippen molar-refractivity contribution in [3.63, 3.8) is 0 Å². The largest absolute Gasteiger partial charge is 0.488 e. The van der Waals surface area contributed by atoms with Crippen molar-refractivity contribution in [3.8, 4) is 5.75 Å². The number of amides is 3. The van der Waals surface area contributed by atoms with Gasteiger partial charge in [-0.25, -0.2) is 4.79 Å². The molecule has 3 amide bonds. The molecule has 1 saturated heterocycles. The molecule has 174 valence electrons. The van der Waals surface area contributed by atoms with Crippen LogP contribution in [0.1, 0.15) is 53.0 Å². The second kappa shape index (κ2) is 9.63. The summed E-state index contributed by atoms with van der Waals surface area (Å²) in [6.07, 6.45) is 3.38. The Kier molecular flexibility index (Phi) is 7.11. The lowest BCUT2D eigenvalue weighted by atomic mass is 9.97. The predicted octanol–water partition coefficient (Wildman–Crippen LogP) is 3.07. The van der Waals surface area contributed by atoms with E-state index < -0.39 is 35.8 Å². The highest BCUT2D eigenvalue weighted by atomic mass is 16.6. The zero-order valence-electron chi connectivity index (χ0n) is 19.4. The Morgan fingerprint density at radius 1 is 1.22 bits per heavy atom. The van der Waals surface area contributed by atoms with Crippen molar-refractivity contribution in [2.75, 3.05) is 6.54 Å². The van der Waals surface area contributed by atoms with Gasteiger partial charge in [0.25, 0.3) is 0 Å². The SMILES string of the molecule is CC[C@H](C)[C@@H]1NC(=O)[C@@H]2[C@@H](CCN2C(=O)OC(C)(C)C)Oc2ccc(cc2)/C=C/NC1=O. The summed E-state index contributed by atoms with van der Waals surface area (Å²) < 4.78 is 11.7. The first kappa shape index (κ1) is 23.6. The highest BCUT2D eigenvalue weighted by molar-refractivity contribution is 5.92. The van der Waals surface area contributed by atoms with E-state index in [0.29, 0.717) is 25.1 Å². The third kappa shape index (κ3) is 5.60. The summed E-state index contributed by atoms with van der Waals surface area (Å²) >= 11 is 0. The maximum atomic E-state index is 13.4. The third-order valence-electron chi connectivity index (χ3n) is 5.70. The van der Waals surface area contributed by atoms with E-state index in [1.165, 1.54) is 4.90 Å². The fraction of sp³-hybridized carbons (Fsp3) is 0.542. The van der Waals surface area contributed by atoms with E-state index in [4.69, 9.17) is 9.47 Å². The van der Waals surface area contributed by atoms with E-state index in [-0.39, 0.29) is 11.8 Å². The lowest BCUT2D eigenvalue weighted by Crippen LogP contribution is -2.58. The van der Waals surface area contributed by atoms with Crippen molar-refractivity contribution in [1.29, 1.82) is 0 Å². The molecule has 4 rings (SSSR count). The lowest BCUT2D eigenvalue weighted by molar-refractivity contribution is -0.133. The van der Waals surface area contributed by atoms with E-state index in [1.807, 2.05) is 26.0 Å². The fourth-order valence-electron chi connectivity index (χ4n) is 3.81. The molecule has 8 nitrogen and oxygen atoms in total. The van der Waals surface area contributed by atoms with Gasteiger partial charge in [-0.15, -0.1) is 0 Å². The number of benzene rings is 1. The summed E-state index contributed by atoms with van der Waals surface area (Å²) in [7, 11) is 0. The van der Waals surface area contributed by atoms with Gasteiger partial charge in [0.2, 0.25) is 11.8 Å². The first-order chi connectivity index (χ1) is 15.1. The summed E-state index contributed by atoms with van der Waals surface area (Å²) in [5, 5.41) is 5.63. The molecule has 0 spiro atoms. The van der Waals surface area contributed by atoms with E-state index in [9.17, 15) is 14.4 Å². The number of rotatable bonds is 2. The number of ether oxygens (including phenoxy) is 2. The van der Waals surface area contributed by atoms with Crippen LogP contribution in [0.3, 0.4) is 0 Å². The van der Waals surface area contributed by atoms with Gasteiger partial charge in [-0.2, -0.15) is 0 Å². The maximum Gasteiger partial charge on any atom is 0.411 e. The lowest BCUT2D eigenvalue weighted by Gasteiger charge is -2.32. The number of carbonyl (C=O) groups excluding carboxylic acids is 3. The monoisotopic (exact) mass is 443 g/mol. The van der Waals surface area contributed by atoms with Crippen molar-refractivity contribution in [2.45, 2.75) is 71.2 Å². The molecule has 0 aliphatic carbocycles. The summed E-state index contributed by atoms with van der Waals surface area (Å²) in [4.78, 5) is 40.6. The van der Waals surface area contributed by atoms with E-state index in [0.717, 1.165) is 5.56 Å². The minimum atomic E-state index is -0.914. The van der Waals surface area contributed by atoms with E-state index in [2.05, 4.69) is 10.6 Å². The van der Waals surface area contributed by atoms with Crippen LogP contribution in [0.25, 0.3) is 6.08 Å². The number of carbonyl (C=O) groups is 3. The Morgan fingerprint density at radius 2 is 1.91 bits per heavy atom. The molecule has 3 aliphatic rings. The molecule has 3 aliphatic heterocycles. The van der Waals surface area contributed by atoms with Crippen LogP contribution in [0.15, 0.2) is 30.5 Å². The van der Waals surface area contributed by atoms with Crippen LogP contribution in [0.2, 0.25) is 0 Å². The average Bonchev–Trinajstić information content (AvgIpc) is 3.14. The van der Waals surface area contributed by atoms with Crippen molar-refractivity contribution in [2.24, 2.45) is 5.92 Å². The first-order valence-electron chi connectivity index (χ1n) is 11.1. The van der Waals surface area contributed by atoms with Crippen molar-refractivity contribution < 1.29 is 23.9 Å². The molecule has 0 aromatic heterocycles. The Bertz CT molecular complexity index is 875. The molecule has 3 heterocycles. The van der Waals surface area contributed by atoms with Crippen LogP contribution in [-0.2, 0) is 14.3 Å². The molecule has 2 bridgehead atoms. The highest BCUT2D eigenvalue weighted by Crippen LogP contribution is 2.27. The van der Waals surface area contributed by atoms with E-state index in [1.54, 1.807) is 45.2 Å². The molecule has 4 atom stereocenters. The Labute approximate surface area is 189 Å². The van der Waals surface area contributed by atoms with Gasteiger partial charge in [0, 0.05) is 19.2 Å². The fourth-order valence-corrected chi connectivity index (χ4v) is 3.81. The molecular weight excluding hydrogens is 410 g/mol. The molecule has 8 heteroatoms. The molecule has 32 heavy (non-hydrogen) atoms. The Morgan fingerprint density at radius 3 is 2.53 bits per heavy atom. The Hall–Kier alpha value is -3.03. The smallest absolute Gasteiger partial charge is 0.411 e. The summed E-state index contributed by atoms with van der Waals surface area (Å²) in [6, 6.07) is 5.68. The van der Waals surface area contributed by atoms with Crippen LogP contribution in [-0.4, -0.2) is 53.1 Å². The zero-order valence-corrected chi connectivity index (χ0v) is 19.4. The van der Waals surface area contributed by atoms with E-state index >= 15 is 0 Å². The van der Waals surface area contributed by atoms with Gasteiger partial charge in [-0.1, -0.05) is 32.4 Å². The number of nitrogens with one attached hydrogen (secondary N) is 2. The number of hydrogen-bond acceptors (Lipinski definition) is 5. The van der Waals surface area contributed by atoms with Crippen molar-refractivity contribution >= 4 is 24.0 Å². The molecule has 2 N–H and O–H groups in total. The highest BCUT2D eigenvalue weighted by Gasteiger charge is 2.46. The Balaban J connectivity index is 1.96. The normalized spacial score (nSPS) is 25.7. The molecule has 1 aromatic rings. The van der Waals surface area contributed by atoms with Gasteiger partial charge in [0.1, 0.15) is 23.5 Å². The number of fused-ring (bicyclic) bond motifs is 7. The van der Waals surface area contributed by atoms with Crippen LogP contribution in [0.5, 0.6) is 5.75 Å². The van der Waals surface area contributed by atoms with Crippen molar-refractivity contribution in [3.05, 3.63) is 36.0 Å². The molecule has 0 saturated carbocycles. The topological polar surface area (TPSA) is 97.0 Å². The molecule has 0 unspecified atom stereocenters. The number of nitrogens with zero attached hydrogens (tertiary/aromatic N) is 1. The standard InChI is InChI=1S/C24H33N3O5/c1-6-15(2)19-21(28)25-13-11-16-7-9-17(10-8-16)31-18-12-14-27(20(18)22(29)26-19)23(30)32-24(3,4)5/h7-11,13,15,18-20H,6,12,14H2,1-5H3,(H,25,28)(H,26,29)/b13-11+/t15-,18+,19-,20-/m0/s1. The van der Waals surface area contributed by atoms with Gasteiger partial charge in [-0.05, 0) is 50.5 Å². The molecule has 0 radical (unpaired) electrons. The van der Waals surface area contributed by atoms with Crippen LogP contribution in [0, 0.1) is 5.92 Å². The maximum absolute atomic E-state index is 13.4. The van der Waals surface area contributed by atoms with Gasteiger partial charge < -0.3 is 20.1 Å².